The Morgan fingerprint density at radius 3 is 2.41 bits per heavy atom. The van der Waals surface area contributed by atoms with Crippen LogP contribution in [0, 0.1) is 11.8 Å². The van der Waals surface area contributed by atoms with E-state index >= 15 is 0 Å². The van der Waals surface area contributed by atoms with Gasteiger partial charge in [0.1, 0.15) is 5.69 Å². The molecule has 0 radical (unpaired) electrons. The van der Waals surface area contributed by atoms with Gasteiger partial charge in [0.2, 0.25) is 5.75 Å². The molecule has 1 aliphatic heterocycles. The zero-order valence-electron chi connectivity index (χ0n) is 19.2. The molecule has 174 valence electrons. The second-order valence-electron chi connectivity index (χ2n) is 8.44. The smallest absolute Gasteiger partial charge is 0.293 e. The number of likely N-dealkylation sites (N-methyl/N-ethyl adjacent to an activating group) is 1. The summed E-state index contributed by atoms with van der Waals surface area (Å²) in [5, 5.41) is 12.9. The topological polar surface area (TPSA) is 102 Å². The van der Waals surface area contributed by atoms with Gasteiger partial charge in [-0.2, -0.15) is 0 Å². The number of anilines is 1. The molecular formula is C26H27N5O3. The summed E-state index contributed by atoms with van der Waals surface area (Å²) in [4.78, 5) is 34.5. The van der Waals surface area contributed by atoms with Crippen molar-refractivity contribution in [1.29, 1.82) is 0 Å². The number of H-pyrrole nitrogens is 1. The molecule has 1 aliphatic rings. The number of likely N-dealkylation sites (tertiary alicyclic amines) is 1. The molecule has 0 aliphatic carbocycles. The number of aromatic hydroxyl groups is 1. The van der Waals surface area contributed by atoms with E-state index in [2.05, 4.69) is 32.0 Å². The second kappa shape index (κ2) is 10.2. The van der Waals surface area contributed by atoms with Crippen molar-refractivity contribution in [2.24, 2.45) is 0 Å². The van der Waals surface area contributed by atoms with Gasteiger partial charge in [0.05, 0.1) is 12.9 Å². The van der Waals surface area contributed by atoms with Crippen LogP contribution in [-0.4, -0.2) is 64.0 Å². The minimum atomic E-state index is -0.566. The summed E-state index contributed by atoms with van der Waals surface area (Å²) in [5.74, 6) is 5.93. The Hall–Kier alpha value is -4.09. The highest BCUT2D eigenvalue weighted by Gasteiger charge is 2.27. The van der Waals surface area contributed by atoms with Crippen molar-refractivity contribution < 1.29 is 9.90 Å². The van der Waals surface area contributed by atoms with Gasteiger partial charge in [-0.1, -0.05) is 11.8 Å². The number of carbonyl (C=O) groups excluding carboxylic acids is 1. The molecule has 0 saturated carbocycles. The van der Waals surface area contributed by atoms with E-state index in [-0.39, 0.29) is 23.9 Å². The Bertz CT molecular complexity index is 1270. The van der Waals surface area contributed by atoms with Gasteiger partial charge in [0.15, 0.2) is 0 Å². The SMILES string of the molecule is CN(C)C1CCN(C(=O)c2ccc(C#Cc3ccc(NCc4nc[nH]c(=O)c4O)cc3)cc2)C1. The third-order valence-electron chi connectivity index (χ3n) is 5.91. The lowest BCUT2D eigenvalue weighted by atomic mass is 10.1. The molecule has 8 heteroatoms. The molecule has 1 unspecified atom stereocenters. The molecule has 2 heterocycles. The van der Waals surface area contributed by atoms with E-state index < -0.39 is 5.56 Å². The van der Waals surface area contributed by atoms with Gasteiger partial charge in [0, 0.05) is 41.5 Å². The van der Waals surface area contributed by atoms with Gasteiger partial charge in [0.25, 0.3) is 11.5 Å². The molecule has 0 spiro atoms. The number of hydrogen-bond donors (Lipinski definition) is 3. The highest BCUT2D eigenvalue weighted by molar-refractivity contribution is 5.94. The number of amides is 1. The average molecular weight is 458 g/mol. The molecule has 3 aromatic rings. The van der Waals surface area contributed by atoms with Gasteiger partial charge >= 0.3 is 0 Å². The van der Waals surface area contributed by atoms with Crippen molar-refractivity contribution in [3.05, 3.63) is 87.6 Å². The molecule has 3 N–H and O–H groups in total. The minimum absolute atomic E-state index is 0.0653. The van der Waals surface area contributed by atoms with Crippen LogP contribution in [-0.2, 0) is 6.54 Å². The monoisotopic (exact) mass is 457 g/mol. The molecule has 8 nitrogen and oxygen atoms in total. The van der Waals surface area contributed by atoms with Gasteiger partial charge in [-0.15, -0.1) is 0 Å². The molecule has 1 amide bonds. The normalized spacial score (nSPS) is 15.1. The zero-order valence-corrected chi connectivity index (χ0v) is 19.2. The van der Waals surface area contributed by atoms with E-state index in [4.69, 9.17) is 0 Å². The molecule has 1 atom stereocenters. The maximum absolute atomic E-state index is 12.7. The maximum Gasteiger partial charge on any atom is 0.293 e. The van der Waals surface area contributed by atoms with E-state index in [0.717, 1.165) is 36.3 Å². The fraction of sp³-hybridized carbons (Fsp3) is 0.269. The van der Waals surface area contributed by atoms with Crippen molar-refractivity contribution in [2.45, 2.75) is 19.0 Å². The summed E-state index contributed by atoms with van der Waals surface area (Å²) in [7, 11) is 4.10. The Balaban J connectivity index is 1.34. The zero-order chi connectivity index (χ0) is 24.1. The molecule has 0 bridgehead atoms. The van der Waals surface area contributed by atoms with Crippen LogP contribution < -0.4 is 10.9 Å². The summed E-state index contributed by atoms with van der Waals surface area (Å²) in [6.45, 7) is 1.77. The second-order valence-corrected chi connectivity index (χ2v) is 8.44. The first-order valence-corrected chi connectivity index (χ1v) is 11.1. The largest absolute Gasteiger partial charge is 0.502 e. The van der Waals surface area contributed by atoms with Crippen molar-refractivity contribution in [3.63, 3.8) is 0 Å². The van der Waals surface area contributed by atoms with Crippen LogP contribution in [0.25, 0.3) is 0 Å². The number of nitrogens with zero attached hydrogens (tertiary/aromatic N) is 3. The number of carbonyl (C=O) groups is 1. The number of rotatable bonds is 5. The number of hydrogen-bond acceptors (Lipinski definition) is 6. The Kier molecular flexibility index (Phi) is 6.95. The summed E-state index contributed by atoms with van der Waals surface area (Å²) in [6, 6.07) is 15.3. The van der Waals surface area contributed by atoms with E-state index in [9.17, 15) is 14.7 Å². The lowest BCUT2D eigenvalue weighted by Gasteiger charge is -2.20. The Labute approximate surface area is 198 Å². The molecule has 2 aromatic carbocycles. The number of nitrogens with one attached hydrogen (secondary N) is 2. The number of benzene rings is 2. The van der Waals surface area contributed by atoms with Crippen LogP contribution in [0.15, 0.2) is 59.7 Å². The Morgan fingerprint density at radius 1 is 1.15 bits per heavy atom. The highest BCUT2D eigenvalue weighted by Crippen LogP contribution is 2.17. The quantitative estimate of drug-likeness (QED) is 0.508. The van der Waals surface area contributed by atoms with E-state index in [1.807, 2.05) is 67.5 Å². The molecule has 4 rings (SSSR count). The summed E-state index contributed by atoms with van der Waals surface area (Å²) >= 11 is 0. The van der Waals surface area contributed by atoms with Crippen LogP contribution in [0.3, 0.4) is 0 Å². The summed E-state index contributed by atoms with van der Waals surface area (Å²) in [5.41, 5.74) is 2.88. The average Bonchev–Trinajstić information content (AvgIpc) is 3.35. The number of aromatic amines is 1. The van der Waals surface area contributed by atoms with Crippen LogP contribution >= 0.6 is 0 Å². The lowest BCUT2D eigenvalue weighted by Crippen LogP contribution is -2.34. The molecule has 1 fully saturated rings. The first-order chi connectivity index (χ1) is 16.4. The highest BCUT2D eigenvalue weighted by atomic mass is 16.3. The van der Waals surface area contributed by atoms with Crippen LogP contribution in [0.2, 0.25) is 0 Å². The predicted molar refractivity (Wildman–Crippen MR) is 131 cm³/mol. The van der Waals surface area contributed by atoms with Crippen molar-refractivity contribution in [1.82, 2.24) is 19.8 Å². The van der Waals surface area contributed by atoms with Crippen LogP contribution in [0.5, 0.6) is 5.75 Å². The summed E-state index contributed by atoms with van der Waals surface area (Å²) < 4.78 is 0. The van der Waals surface area contributed by atoms with Crippen LogP contribution in [0.1, 0.15) is 33.6 Å². The first-order valence-electron chi connectivity index (χ1n) is 11.1. The van der Waals surface area contributed by atoms with Gasteiger partial charge in [-0.25, -0.2) is 4.98 Å². The number of aromatic nitrogens is 2. The van der Waals surface area contributed by atoms with Gasteiger partial charge < -0.3 is 25.2 Å². The maximum atomic E-state index is 12.7. The Morgan fingerprint density at radius 2 is 1.79 bits per heavy atom. The van der Waals surface area contributed by atoms with Gasteiger partial charge in [-0.05, 0) is 69.0 Å². The van der Waals surface area contributed by atoms with E-state index in [0.29, 0.717) is 11.6 Å². The first kappa shape index (κ1) is 23.1. The van der Waals surface area contributed by atoms with E-state index in [1.165, 1.54) is 6.33 Å². The van der Waals surface area contributed by atoms with Crippen LogP contribution in [0.4, 0.5) is 5.69 Å². The van der Waals surface area contributed by atoms with E-state index in [1.54, 1.807) is 0 Å². The standard InChI is InChI=1S/C26H27N5O3/c1-30(2)22-13-14-31(16-22)26(34)20-9-5-18(6-10-20)3-4-19-7-11-21(12-8-19)27-15-23-24(32)25(33)29-17-28-23/h5-12,17,22,27,32H,13-16H2,1-2H3,(H,28,29,33). The third-order valence-corrected chi connectivity index (χ3v) is 5.91. The minimum Gasteiger partial charge on any atom is -0.502 e. The fourth-order valence-corrected chi connectivity index (χ4v) is 3.79. The molecule has 1 saturated heterocycles. The van der Waals surface area contributed by atoms with Crippen molar-refractivity contribution in [3.8, 4) is 17.6 Å². The summed E-state index contributed by atoms with van der Waals surface area (Å²) in [6.07, 6.45) is 2.26. The molecule has 34 heavy (non-hydrogen) atoms. The predicted octanol–water partition coefficient (Wildman–Crippen LogP) is 2.26. The molecule has 1 aromatic heterocycles. The molecular weight excluding hydrogens is 430 g/mol. The van der Waals surface area contributed by atoms with Crippen molar-refractivity contribution in [2.75, 3.05) is 32.5 Å². The third kappa shape index (κ3) is 5.45. The van der Waals surface area contributed by atoms with Crippen molar-refractivity contribution >= 4 is 11.6 Å². The fourth-order valence-electron chi connectivity index (χ4n) is 3.79. The van der Waals surface area contributed by atoms with Gasteiger partial charge in [-0.3, -0.25) is 9.59 Å². The lowest BCUT2D eigenvalue weighted by molar-refractivity contribution is 0.0783.